The molecule has 0 bridgehead atoms. The maximum Gasteiger partial charge on any atom is 0.123 e. The molecule has 2 atom stereocenters. The zero-order valence-corrected chi connectivity index (χ0v) is 13.5. The second-order valence-electron chi connectivity index (χ2n) is 6.88. The van der Waals surface area contributed by atoms with E-state index in [-0.39, 0.29) is 0 Å². The Bertz CT molecular complexity index is 465. The monoisotopic (exact) mass is 287 g/mol. The van der Waals surface area contributed by atoms with Crippen molar-refractivity contribution in [2.45, 2.75) is 70.9 Å². The van der Waals surface area contributed by atoms with E-state index in [1.807, 2.05) is 0 Å². The summed E-state index contributed by atoms with van der Waals surface area (Å²) in [6.07, 6.45) is 9.73. The van der Waals surface area contributed by atoms with Gasteiger partial charge in [0.05, 0.1) is 0 Å². The summed E-state index contributed by atoms with van der Waals surface area (Å²) >= 11 is 0. The van der Waals surface area contributed by atoms with Crippen LogP contribution < -0.4 is 10.1 Å². The zero-order valence-electron chi connectivity index (χ0n) is 13.5. The fourth-order valence-electron chi connectivity index (χ4n) is 4.03. The predicted octanol–water partition coefficient (Wildman–Crippen LogP) is 4.25. The molecular weight excluding hydrogens is 258 g/mol. The molecule has 116 valence electrons. The average molecular weight is 287 g/mol. The highest BCUT2D eigenvalue weighted by Crippen LogP contribution is 2.30. The maximum atomic E-state index is 6.08. The molecule has 1 aliphatic heterocycles. The zero-order chi connectivity index (χ0) is 14.7. The number of hydrogen-bond acceptors (Lipinski definition) is 2. The standard InChI is InChI=1S/C19H29NO/c1-3-18(15-7-5-4-6-8-15)20-13-17-12-16-11-14(2)9-10-19(16)21-17/h9-11,15,17-18,20H,3-8,12-13H2,1-2H3. The predicted molar refractivity (Wildman–Crippen MR) is 88.0 cm³/mol. The van der Waals surface area contributed by atoms with Crippen LogP contribution in [-0.2, 0) is 6.42 Å². The molecule has 2 aliphatic rings. The van der Waals surface area contributed by atoms with Gasteiger partial charge in [0.1, 0.15) is 11.9 Å². The molecule has 0 spiro atoms. The van der Waals surface area contributed by atoms with Crippen LogP contribution in [-0.4, -0.2) is 18.7 Å². The normalized spacial score (nSPS) is 23.6. The minimum atomic E-state index is 0.319. The summed E-state index contributed by atoms with van der Waals surface area (Å²) in [6.45, 7) is 5.46. The van der Waals surface area contributed by atoms with Gasteiger partial charge in [-0.15, -0.1) is 0 Å². The largest absolute Gasteiger partial charge is 0.488 e. The van der Waals surface area contributed by atoms with E-state index in [0.29, 0.717) is 12.1 Å². The van der Waals surface area contributed by atoms with Gasteiger partial charge in [-0.3, -0.25) is 0 Å². The van der Waals surface area contributed by atoms with Gasteiger partial charge in [-0.25, -0.2) is 0 Å². The Hall–Kier alpha value is -1.02. The lowest BCUT2D eigenvalue weighted by Crippen LogP contribution is -2.42. The van der Waals surface area contributed by atoms with E-state index in [9.17, 15) is 0 Å². The lowest BCUT2D eigenvalue weighted by Gasteiger charge is -2.31. The summed E-state index contributed by atoms with van der Waals surface area (Å²) in [4.78, 5) is 0. The molecule has 1 aromatic rings. The highest BCUT2D eigenvalue weighted by molar-refractivity contribution is 5.40. The van der Waals surface area contributed by atoms with Gasteiger partial charge in [0.25, 0.3) is 0 Å². The van der Waals surface area contributed by atoms with Crippen LogP contribution >= 0.6 is 0 Å². The van der Waals surface area contributed by atoms with E-state index in [1.54, 1.807) is 0 Å². The summed E-state index contributed by atoms with van der Waals surface area (Å²) in [6, 6.07) is 7.22. The summed E-state index contributed by atoms with van der Waals surface area (Å²) in [7, 11) is 0. The fourth-order valence-corrected chi connectivity index (χ4v) is 4.03. The Labute approximate surface area is 129 Å². The van der Waals surface area contributed by atoms with Crippen molar-refractivity contribution in [3.05, 3.63) is 29.3 Å². The minimum Gasteiger partial charge on any atom is -0.488 e. The third-order valence-corrected chi connectivity index (χ3v) is 5.22. The van der Waals surface area contributed by atoms with Gasteiger partial charge in [0.15, 0.2) is 0 Å². The van der Waals surface area contributed by atoms with Crippen molar-refractivity contribution >= 4 is 0 Å². The van der Waals surface area contributed by atoms with E-state index < -0.39 is 0 Å². The lowest BCUT2D eigenvalue weighted by atomic mass is 9.83. The van der Waals surface area contributed by atoms with Crippen molar-refractivity contribution in [2.75, 3.05) is 6.54 Å². The van der Waals surface area contributed by atoms with Crippen LogP contribution in [0.4, 0.5) is 0 Å². The Balaban J connectivity index is 1.51. The molecule has 1 aliphatic carbocycles. The fraction of sp³-hybridized carbons (Fsp3) is 0.684. The lowest BCUT2D eigenvalue weighted by molar-refractivity contribution is 0.197. The van der Waals surface area contributed by atoms with Gasteiger partial charge >= 0.3 is 0 Å². The highest BCUT2D eigenvalue weighted by Gasteiger charge is 2.26. The molecule has 1 aromatic carbocycles. The Morgan fingerprint density at radius 3 is 2.81 bits per heavy atom. The van der Waals surface area contributed by atoms with Gasteiger partial charge in [-0.1, -0.05) is 43.9 Å². The molecule has 0 radical (unpaired) electrons. The van der Waals surface area contributed by atoms with Crippen molar-refractivity contribution in [1.29, 1.82) is 0 Å². The van der Waals surface area contributed by atoms with Gasteiger partial charge in [0, 0.05) is 19.0 Å². The molecule has 1 heterocycles. The van der Waals surface area contributed by atoms with Crippen LogP contribution in [0.5, 0.6) is 5.75 Å². The third kappa shape index (κ3) is 3.60. The van der Waals surface area contributed by atoms with Gasteiger partial charge in [-0.05, 0) is 43.7 Å². The molecule has 3 rings (SSSR count). The number of nitrogens with one attached hydrogen (secondary N) is 1. The second kappa shape index (κ2) is 6.83. The molecule has 0 saturated heterocycles. The number of ether oxygens (including phenoxy) is 1. The first kappa shape index (κ1) is 14.9. The van der Waals surface area contributed by atoms with E-state index in [1.165, 1.54) is 49.7 Å². The number of hydrogen-bond donors (Lipinski definition) is 1. The van der Waals surface area contributed by atoms with E-state index in [2.05, 4.69) is 37.4 Å². The van der Waals surface area contributed by atoms with Gasteiger partial charge in [-0.2, -0.15) is 0 Å². The smallest absolute Gasteiger partial charge is 0.123 e. The number of rotatable bonds is 5. The highest BCUT2D eigenvalue weighted by atomic mass is 16.5. The van der Waals surface area contributed by atoms with Crippen molar-refractivity contribution < 1.29 is 4.74 Å². The van der Waals surface area contributed by atoms with Crippen LogP contribution in [0, 0.1) is 12.8 Å². The van der Waals surface area contributed by atoms with Crippen molar-refractivity contribution in [2.24, 2.45) is 5.92 Å². The maximum absolute atomic E-state index is 6.08. The number of aryl methyl sites for hydroxylation is 1. The first-order valence-corrected chi connectivity index (χ1v) is 8.76. The van der Waals surface area contributed by atoms with E-state index >= 15 is 0 Å². The molecule has 0 amide bonds. The molecule has 2 unspecified atom stereocenters. The SMILES string of the molecule is CCC(NCC1Cc2cc(C)ccc2O1)C1CCCCC1. The van der Waals surface area contributed by atoms with E-state index in [4.69, 9.17) is 4.74 Å². The quantitative estimate of drug-likeness (QED) is 0.874. The Kier molecular flexibility index (Phi) is 4.84. The molecule has 21 heavy (non-hydrogen) atoms. The van der Waals surface area contributed by atoms with Crippen molar-refractivity contribution in [3.8, 4) is 5.75 Å². The van der Waals surface area contributed by atoms with Crippen LogP contribution in [0.25, 0.3) is 0 Å². The molecule has 0 aromatic heterocycles. The van der Waals surface area contributed by atoms with Crippen molar-refractivity contribution in [1.82, 2.24) is 5.32 Å². The van der Waals surface area contributed by atoms with Gasteiger partial charge in [0.2, 0.25) is 0 Å². The second-order valence-corrected chi connectivity index (χ2v) is 6.88. The Morgan fingerprint density at radius 1 is 1.24 bits per heavy atom. The van der Waals surface area contributed by atoms with E-state index in [0.717, 1.165) is 24.6 Å². The summed E-state index contributed by atoms with van der Waals surface area (Å²) in [5.74, 6) is 1.98. The molecule has 1 N–H and O–H groups in total. The van der Waals surface area contributed by atoms with Crippen LogP contribution in [0.15, 0.2) is 18.2 Å². The summed E-state index contributed by atoms with van der Waals surface area (Å²) in [5, 5.41) is 3.81. The molecule has 2 heteroatoms. The average Bonchev–Trinajstić information content (AvgIpc) is 2.91. The number of benzene rings is 1. The van der Waals surface area contributed by atoms with Crippen LogP contribution in [0.2, 0.25) is 0 Å². The van der Waals surface area contributed by atoms with Gasteiger partial charge < -0.3 is 10.1 Å². The van der Waals surface area contributed by atoms with Crippen molar-refractivity contribution in [3.63, 3.8) is 0 Å². The molecule has 1 fully saturated rings. The topological polar surface area (TPSA) is 21.3 Å². The van der Waals surface area contributed by atoms with Crippen LogP contribution in [0.1, 0.15) is 56.6 Å². The molecule has 1 saturated carbocycles. The molecule has 2 nitrogen and oxygen atoms in total. The minimum absolute atomic E-state index is 0.319. The number of fused-ring (bicyclic) bond motifs is 1. The summed E-state index contributed by atoms with van der Waals surface area (Å²) in [5.41, 5.74) is 2.71. The third-order valence-electron chi connectivity index (χ3n) is 5.22. The van der Waals surface area contributed by atoms with Crippen LogP contribution in [0.3, 0.4) is 0 Å². The summed E-state index contributed by atoms with van der Waals surface area (Å²) < 4.78 is 6.08. The first-order valence-electron chi connectivity index (χ1n) is 8.76. The Morgan fingerprint density at radius 2 is 2.05 bits per heavy atom. The molecular formula is C19H29NO. The first-order chi connectivity index (χ1) is 10.3.